The minimum absolute atomic E-state index is 0.153. The van der Waals surface area contributed by atoms with E-state index in [9.17, 15) is 9.18 Å². The molecule has 0 saturated heterocycles. The molecule has 1 amide bonds. The summed E-state index contributed by atoms with van der Waals surface area (Å²) in [5, 5.41) is 3.22. The van der Waals surface area contributed by atoms with Crippen molar-refractivity contribution in [2.75, 3.05) is 11.1 Å². The number of amides is 1. The van der Waals surface area contributed by atoms with Crippen molar-refractivity contribution in [2.24, 2.45) is 10.7 Å². The number of nitrogens with one attached hydrogen (secondary N) is 1. The van der Waals surface area contributed by atoms with Crippen molar-refractivity contribution >= 4 is 28.5 Å². The number of hydrogen-bond acceptors (Lipinski definition) is 4. The number of nitrogens with two attached hydrogens (primary N) is 1. The summed E-state index contributed by atoms with van der Waals surface area (Å²) in [6.45, 7) is 5.83. The molecule has 0 fully saturated rings. The molecule has 1 atom stereocenters. The van der Waals surface area contributed by atoms with Crippen LogP contribution in [0.1, 0.15) is 40.4 Å². The average molecular weight is 371 g/mol. The maximum atomic E-state index is 14.3. The molecule has 26 heavy (non-hydrogen) atoms. The Balaban J connectivity index is 1.91. The number of halogens is 1. The molecule has 136 valence electrons. The highest BCUT2D eigenvalue weighted by Crippen LogP contribution is 2.36. The lowest BCUT2D eigenvalue weighted by atomic mass is 9.89. The van der Waals surface area contributed by atoms with Crippen LogP contribution < -0.4 is 11.1 Å². The highest BCUT2D eigenvalue weighted by molar-refractivity contribution is 8.13. The minimum atomic E-state index is -0.511. The molecule has 4 nitrogen and oxygen atoms in total. The third-order valence-electron chi connectivity index (χ3n) is 4.52. The molecular weight excluding hydrogens is 349 g/mol. The number of anilines is 1. The summed E-state index contributed by atoms with van der Waals surface area (Å²) in [6, 6.07) is 10.3. The van der Waals surface area contributed by atoms with Crippen molar-refractivity contribution in [3.63, 3.8) is 0 Å². The highest BCUT2D eigenvalue weighted by atomic mass is 32.2. The van der Waals surface area contributed by atoms with Crippen molar-refractivity contribution in [2.45, 2.75) is 32.7 Å². The third-order valence-corrected chi connectivity index (χ3v) is 5.31. The molecular formula is C20H22FN3OS. The Morgan fingerprint density at radius 1 is 1.23 bits per heavy atom. The first-order chi connectivity index (χ1) is 12.3. The number of nitrogens with zero attached hydrogens (tertiary/aromatic N) is 1. The molecule has 6 heteroatoms. The van der Waals surface area contributed by atoms with Crippen LogP contribution >= 0.6 is 11.8 Å². The number of hydrogen-bond donors (Lipinski definition) is 2. The smallest absolute Gasteiger partial charge is 0.255 e. The molecule has 1 heterocycles. The molecule has 0 saturated carbocycles. The second-order valence-corrected chi connectivity index (χ2v) is 7.96. The predicted octanol–water partition coefficient (Wildman–Crippen LogP) is 4.36. The van der Waals surface area contributed by atoms with Crippen molar-refractivity contribution in [1.82, 2.24) is 0 Å². The van der Waals surface area contributed by atoms with Crippen LogP contribution in [0.3, 0.4) is 0 Å². The molecule has 0 aromatic heterocycles. The van der Waals surface area contributed by atoms with Gasteiger partial charge in [-0.3, -0.25) is 9.79 Å². The molecule has 0 radical (unpaired) electrons. The lowest BCUT2D eigenvalue weighted by Gasteiger charge is -2.30. The fourth-order valence-corrected chi connectivity index (χ4v) is 4.13. The van der Waals surface area contributed by atoms with Crippen molar-refractivity contribution < 1.29 is 9.18 Å². The van der Waals surface area contributed by atoms with E-state index >= 15 is 0 Å². The van der Waals surface area contributed by atoms with Crippen LogP contribution in [0.4, 0.5) is 10.1 Å². The summed E-state index contributed by atoms with van der Waals surface area (Å²) < 4.78 is 14.3. The fourth-order valence-electron chi connectivity index (χ4n) is 3.15. The van der Waals surface area contributed by atoms with Gasteiger partial charge in [-0.1, -0.05) is 35.0 Å². The fraction of sp³-hybridized carbons (Fsp3) is 0.300. The molecule has 2 aromatic rings. The van der Waals surface area contributed by atoms with E-state index in [-0.39, 0.29) is 11.6 Å². The zero-order chi connectivity index (χ0) is 18.9. The Morgan fingerprint density at radius 3 is 2.58 bits per heavy atom. The molecule has 0 bridgehead atoms. The van der Waals surface area contributed by atoms with Crippen LogP contribution in [0.2, 0.25) is 0 Å². The second-order valence-electron chi connectivity index (χ2n) is 6.85. The number of carbonyl (C=O) groups excluding carboxylic acids is 1. The molecule has 3 rings (SSSR count). The maximum Gasteiger partial charge on any atom is 0.255 e. The van der Waals surface area contributed by atoms with Gasteiger partial charge in [0.1, 0.15) is 5.82 Å². The first kappa shape index (κ1) is 18.5. The average Bonchev–Trinajstić information content (AvgIpc) is 2.55. The summed E-state index contributed by atoms with van der Waals surface area (Å²) in [4.78, 5) is 17.1. The Kier molecular flexibility index (Phi) is 5.05. The van der Waals surface area contributed by atoms with E-state index in [0.717, 1.165) is 28.9 Å². The Bertz CT molecular complexity index is 876. The van der Waals surface area contributed by atoms with Gasteiger partial charge < -0.3 is 11.1 Å². The molecule has 1 unspecified atom stereocenters. The van der Waals surface area contributed by atoms with Gasteiger partial charge in [0.05, 0.1) is 11.2 Å². The lowest BCUT2D eigenvalue weighted by molar-refractivity contribution is 0.102. The standard InChI is InChI=1S/C20H22FN3OS/c1-12-8-13(2)10-14(9-12)18(25)23-17-11-15(4-5-16(17)21)20(3)6-7-26-19(22)24-20/h4-5,8-11H,6-7H2,1-3H3,(H2,22,24)(H,23,25). The van der Waals surface area contributed by atoms with E-state index < -0.39 is 11.4 Å². The number of benzene rings is 2. The van der Waals surface area contributed by atoms with Gasteiger partial charge >= 0.3 is 0 Å². The van der Waals surface area contributed by atoms with Crippen LogP contribution in [0.15, 0.2) is 41.4 Å². The lowest BCUT2D eigenvalue weighted by Crippen LogP contribution is -2.29. The van der Waals surface area contributed by atoms with E-state index in [4.69, 9.17) is 5.73 Å². The first-order valence-corrected chi connectivity index (χ1v) is 9.43. The van der Waals surface area contributed by atoms with Crippen LogP contribution in [0.5, 0.6) is 0 Å². The molecule has 1 aliphatic heterocycles. The largest absolute Gasteiger partial charge is 0.379 e. The number of rotatable bonds is 3. The van der Waals surface area contributed by atoms with E-state index in [1.807, 2.05) is 26.8 Å². The van der Waals surface area contributed by atoms with Crippen molar-refractivity contribution in [1.29, 1.82) is 0 Å². The zero-order valence-electron chi connectivity index (χ0n) is 15.1. The first-order valence-electron chi connectivity index (χ1n) is 8.45. The predicted molar refractivity (Wildman–Crippen MR) is 106 cm³/mol. The normalized spacial score (nSPS) is 19.8. The van der Waals surface area contributed by atoms with Crippen LogP contribution in [-0.4, -0.2) is 16.8 Å². The van der Waals surface area contributed by atoms with Crippen LogP contribution in [-0.2, 0) is 5.54 Å². The number of amidine groups is 1. The van der Waals surface area contributed by atoms with Gasteiger partial charge in [-0.2, -0.15) is 0 Å². The van der Waals surface area contributed by atoms with Gasteiger partial charge in [0, 0.05) is 11.3 Å². The molecule has 0 spiro atoms. The Morgan fingerprint density at radius 2 is 1.92 bits per heavy atom. The number of thioether (sulfide) groups is 1. The summed E-state index contributed by atoms with van der Waals surface area (Å²) >= 11 is 1.52. The monoisotopic (exact) mass is 371 g/mol. The van der Waals surface area contributed by atoms with E-state index in [1.54, 1.807) is 24.3 Å². The minimum Gasteiger partial charge on any atom is -0.379 e. The van der Waals surface area contributed by atoms with Crippen molar-refractivity contribution in [3.8, 4) is 0 Å². The summed E-state index contributed by atoms with van der Waals surface area (Å²) in [6.07, 6.45) is 0.800. The van der Waals surface area contributed by atoms with Crippen LogP contribution in [0.25, 0.3) is 0 Å². The molecule has 3 N–H and O–H groups in total. The topological polar surface area (TPSA) is 67.5 Å². The summed E-state index contributed by atoms with van der Waals surface area (Å²) in [7, 11) is 0. The molecule has 1 aliphatic rings. The SMILES string of the molecule is Cc1cc(C)cc(C(=O)Nc2cc(C3(C)CCSC(N)=N3)ccc2F)c1. The van der Waals surface area contributed by atoms with Gasteiger partial charge in [-0.15, -0.1) is 0 Å². The zero-order valence-corrected chi connectivity index (χ0v) is 15.9. The van der Waals surface area contributed by atoms with E-state index in [1.165, 1.54) is 17.8 Å². The molecule has 2 aromatic carbocycles. The second kappa shape index (κ2) is 7.11. The number of carbonyl (C=O) groups is 1. The van der Waals surface area contributed by atoms with E-state index in [2.05, 4.69) is 10.3 Å². The summed E-state index contributed by atoms with van der Waals surface area (Å²) in [5.41, 5.74) is 8.83. The van der Waals surface area contributed by atoms with E-state index in [0.29, 0.717) is 10.7 Å². The van der Waals surface area contributed by atoms with Gasteiger partial charge in [0.2, 0.25) is 0 Å². The van der Waals surface area contributed by atoms with Crippen molar-refractivity contribution in [3.05, 3.63) is 64.5 Å². The van der Waals surface area contributed by atoms with Gasteiger partial charge in [-0.25, -0.2) is 4.39 Å². The third kappa shape index (κ3) is 3.90. The van der Waals surface area contributed by atoms with Crippen LogP contribution in [0, 0.1) is 19.7 Å². The number of aliphatic imine (C=N–C) groups is 1. The highest BCUT2D eigenvalue weighted by Gasteiger charge is 2.30. The van der Waals surface area contributed by atoms with Gasteiger partial charge in [0.25, 0.3) is 5.91 Å². The summed E-state index contributed by atoms with van der Waals surface area (Å²) in [5.74, 6) is 0.0467. The van der Waals surface area contributed by atoms with Gasteiger partial charge in [-0.05, 0) is 57.0 Å². The Labute approximate surface area is 157 Å². The number of aryl methyl sites for hydroxylation is 2. The Hall–Kier alpha value is -2.34. The molecule has 0 aliphatic carbocycles. The quantitative estimate of drug-likeness (QED) is 0.842. The van der Waals surface area contributed by atoms with Gasteiger partial charge in [0.15, 0.2) is 5.17 Å². The maximum absolute atomic E-state index is 14.3.